The topological polar surface area (TPSA) is 56.2 Å². The van der Waals surface area contributed by atoms with Crippen molar-refractivity contribution in [2.45, 2.75) is 13.2 Å². The minimum atomic E-state index is -0.698. The van der Waals surface area contributed by atoms with Crippen LogP contribution in [0.4, 0.5) is 8.78 Å². The lowest BCUT2D eigenvalue weighted by Gasteiger charge is -2.19. The molecule has 0 bridgehead atoms. The summed E-state index contributed by atoms with van der Waals surface area (Å²) in [6, 6.07) is 8.37. The molecule has 1 aliphatic heterocycles. The minimum absolute atomic E-state index is 0.0257. The predicted molar refractivity (Wildman–Crippen MR) is 95.5 cm³/mol. The molecule has 0 saturated heterocycles. The number of ether oxygens (including phenoxy) is 1. The van der Waals surface area contributed by atoms with Crippen molar-refractivity contribution in [3.05, 3.63) is 69.9 Å². The Balaban J connectivity index is 1.62. The van der Waals surface area contributed by atoms with Crippen LogP contribution in [0.1, 0.15) is 21.6 Å². The number of hydrogen-bond donors (Lipinski definition) is 1. The van der Waals surface area contributed by atoms with Gasteiger partial charge >= 0.3 is 0 Å². The number of fused-ring (bicyclic) bond motifs is 3. The number of rotatable bonds is 3. The molecule has 0 atom stereocenters. The number of carbonyl (C=O) groups is 1. The van der Waals surface area contributed by atoms with Crippen molar-refractivity contribution in [2.24, 2.45) is 7.05 Å². The van der Waals surface area contributed by atoms with Gasteiger partial charge in [0.15, 0.2) is 5.69 Å². The second kappa shape index (κ2) is 6.66. The van der Waals surface area contributed by atoms with E-state index < -0.39 is 17.5 Å². The van der Waals surface area contributed by atoms with E-state index in [2.05, 4.69) is 10.4 Å². The quantitative estimate of drug-likeness (QED) is 0.740. The summed E-state index contributed by atoms with van der Waals surface area (Å²) >= 11 is 6.08. The first-order valence-corrected chi connectivity index (χ1v) is 8.52. The summed E-state index contributed by atoms with van der Waals surface area (Å²) in [6.07, 6.45) is 0. The van der Waals surface area contributed by atoms with Gasteiger partial charge in [-0.25, -0.2) is 8.78 Å². The number of hydrogen-bond acceptors (Lipinski definition) is 3. The Kier molecular flexibility index (Phi) is 4.31. The van der Waals surface area contributed by atoms with Gasteiger partial charge in [0, 0.05) is 35.8 Å². The number of amides is 1. The standard InChI is InChI=1S/C19H14ClF2N3O2/c1-25-18-14-6-11(20)2-3-16(14)27-9-15(18)17(24-25)19(26)23-8-10-4-12(21)7-13(22)5-10/h2-7H,8-9H2,1H3,(H,23,26). The van der Waals surface area contributed by atoms with Crippen molar-refractivity contribution >= 4 is 17.5 Å². The molecule has 2 heterocycles. The summed E-state index contributed by atoms with van der Waals surface area (Å²) < 4.78 is 33.9. The fourth-order valence-electron chi connectivity index (χ4n) is 3.17. The average molecular weight is 390 g/mol. The van der Waals surface area contributed by atoms with Crippen LogP contribution in [0.5, 0.6) is 5.75 Å². The van der Waals surface area contributed by atoms with Crippen molar-refractivity contribution in [1.29, 1.82) is 0 Å². The Morgan fingerprint density at radius 2 is 2.00 bits per heavy atom. The van der Waals surface area contributed by atoms with E-state index in [1.807, 2.05) is 0 Å². The molecular formula is C19H14ClF2N3O2. The number of nitrogens with one attached hydrogen (secondary N) is 1. The van der Waals surface area contributed by atoms with Crippen LogP contribution in [0.3, 0.4) is 0 Å². The van der Waals surface area contributed by atoms with E-state index in [0.717, 1.165) is 17.3 Å². The van der Waals surface area contributed by atoms with Crippen LogP contribution in [-0.4, -0.2) is 15.7 Å². The zero-order valence-electron chi connectivity index (χ0n) is 14.2. The lowest BCUT2D eigenvalue weighted by atomic mass is 10.0. The molecule has 0 radical (unpaired) electrons. The molecule has 1 aliphatic rings. The summed E-state index contributed by atoms with van der Waals surface area (Å²) in [5.41, 5.74) is 2.66. The molecule has 1 amide bonds. The predicted octanol–water partition coefficient (Wildman–Crippen LogP) is 3.84. The van der Waals surface area contributed by atoms with E-state index in [1.54, 1.807) is 29.9 Å². The smallest absolute Gasteiger partial charge is 0.272 e. The minimum Gasteiger partial charge on any atom is -0.488 e. The van der Waals surface area contributed by atoms with Gasteiger partial charge in [0.25, 0.3) is 5.91 Å². The molecule has 1 aromatic heterocycles. The van der Waals surface area contributed by atoms with Crippen LogP contribution in [0.2, 0.25) is 5.02 Å². The van der Waals surface area contributed by atoms with Gasteiger partial charge in [0.05, 0.1) is 5.69 Å². The molecule has 2 aromatic carbocycles. The number of benzene rings is 2. The van der Waals surface area contributed by atoms with Crippen molar-refractivity contribution in [3.63, 3.8) is 0 Å². The number of carbonyl (C=O) groups excluding carboxylic acids is 1. The van der Waals surface area contributed by atoms with Gasteiger partial charge in [-0.1, -0.05) is 11.6 Å². The molecule has 138 valence electrons. The molecule has 0 fully saturated rings. The monoisotopic (exact) mass is 389 g/mol. The Morgan fingerprint density at radius 3 is 2.74 bits per heavy atom. The molecule has 5 nitrogen and oxygen atoms in total. The number of aromatic nitrogens is 2. The van der Waals surface area contributed by atoms with Gasteiger partial charge in [-0.05, 0) is 35.9 Å². The van der Waals surface area contributed by atoms with Gasteiger partial charge in [-0.15, -0.1) is 0 Å². The summed E-state index contributed by atoms with van der Waals surface area (Å²) in [6.45, 7) is 0.164. The maximum atomic E-state index is 13.3. The summed E-state index contributed by atoms with van der Waals surface area (Å²) in [7, 11) is 1.73. The molecule has 3 aromatic rings. The van der Waals surface area contributed by atoms with Crippen molar-refractivity contribution in [2.75, 3.05) is 0 Å². The van der Waals surface area contributed by atoms with E-state index in [9.17, 15) is 13.6 Å². The second-order valence-electron chi connectivity index (χ2n) is 6.19. The third-order valence-corrected chi connectivity index (χ3v) is 4.54. The SMILES string of the molecule is Cn1nc(C(=O)NCc2cc(F)cc(F)c2)c2c1-c1cc(Cl)ccc1OC2. The number of halogens is 3. The van der Waals surface area contributed by atoms with E-state index in [0.29, 0.717) is 21.9 Å². The largest absolute Gasteiger partial charge is 0.488 e. The highest BCUT2D eigenvalue weighted by molar-refractivity contribution is 6.31. The Bertz CT molecular complexity index is 1050. The van der Waals surface area contributed by atoms with E-state index in [4.69, 9.17) is 16.3 Å². The van der Waals surface area contributed by atoms with Gasteiger partial charge in [-0.3, -0.25) is 9.48 Å². The fourth-order valence-corrected chi connectivity index (χ4v) is 3.34. The van der Waals surface area contributed by atoms with Crippen LogP contribution < -0.4 is 10.1 Å². The lowest BCUT2D eigenvalue weighted by Crippen LogP contribution is -2.25. The Morgan fingerprint density at radius 1 is 1.26 bits per heavy atom. The van der Waals surface area contributed by atoms with Crippen LogP contribution in [0, 0.1) is 11.6 Å². The van der Waals surface area contributed by atoms with Gasteiger partial charge in [0.1, 0.15) is 24.0 Å². The summed E-state index contributed by atoms with van der Waals surface area (Å²) in [5.74, 6) is -1.18. The molecule has 0 spiro atoms. The Labute approximate surface area is 158 Å². The van der Waals surface area contributed by atoms with Crippen LogP contribution in [0.25, 0.3) is 11.3 Å². The third-order valence-electron chi connectivity index (χ3n) is 4.30. The van der Waals surface area contributed by atoms with Crippen LogP contribution >= 0.6 is 11.6 Å². The molecule has 0 saturated carbocycles. The average Bonchev–Trinajstić information content (AvgIpc) is 2.96. The molecule has 4 rings (SSSR count). The van der Waals surface area contributed by atoms with Crippen molar-refractivity contribution in [3.8, 4) is 17.0 Å². The van der Waals surface area contributed by atoms with E-state index in [-0.39, 0.29) is 18.8 Å². The zero-order valence-corrected chi connectivity index (χ0v) is 15.0. The molecule has 0 unspecified atom stereocenters. The highest BCUT2D eigenvalue weighted by atomic mass is 35.5. The Hall–Kier alpha value is -2.93. The van der Waals surface area contributed by atoms with Gasteiger partial charge < -0.3 is 10.1 Å². The molecule has 8 heteroatoms. The molecule has 0 aliphatic carbocycles. The van der Waals surface area contributed by atoms with Gasteiger partial charge in [-0.2, -0.15) is 5.10 Å². The fraction of sp³-hybridized carbons (Fsp3) is 0.158. The summed E-state index contributed by atoms with van der Waals surface area (Å²) in [4.78, 5) is 12.6. The highest BCUT2D eigenvalue weighted by Crippen LogP contribution is 2.39. The van der Waals surface area contributed by atoms with E-state index in [1.165, 1.54) is 12.1 Å². The summed E-state index contributed by atoms with van der Waals surface area (Å²) in [5, 5.41) is 7.49. The first kappa shape index (κ1) is 17.5. The van der Waals surface area contributed by atoms with Crippen LogP contribution in [0.15, 0.2) is 36.4 Å². The van der Waals surface area contributed by atoms with Crippen LogP contribution in [-0.2, 0) is 20.2 Å². The number of aryl methyl sites for hydroxylation is 1. The van der Waals surface area contributed by atoms with Gasteiger partial charge in [0.2, 0.25) is 0 Å². The molecular weight excluding hydrogens is 376 g/mol. The molecule has 1 N–H and O–H groups in total. The van der Waals surface area contributed by atoms with Crippen molar-refractivity contribution in [1.82, 2.24) is 15.1 Å². The maximum absolute atomic E-state index is 13.3. The van der Waals surface area contributed by atoms with Crippen molar-refractivity contribution < 1.29 is 18.3 Å². The normalized spacial score (nSPS) is 12.1. The maximum Gasteiger partial charge on any atom is 0.272 e. The highest BCUT2D eigenvalue weighted by Gasteiger charge is 2.28. The third kappa shape index (κ3) is 3.26. The first-order valence-electron chi connectivity index (χ1n) is 8.14. The second-order valence-corrected chi connectivity index (χ2v) is 6.63. The zero-order chi connectivity index (χ0) is 19.1. The number of nitrogens with zero attached hydrogens (tertiary/aromatic N) is 2. The molecule has 27 heavy (non-hydrogen) atoms. The first-order chi connectivity index (χ1) is 12.9. The van der Waals surface area contributed by atoms with E-state index >= 15 is 0 Å². The lowest BCUT2D eigenvalue weighted by molar-refractivity contribution is 0.0942.